The van der Waals surface area contributed by atoms with E-state index >= 15 is 0 Å². The van der Waals surface area contributed by atoms with E-state index in [1.807, 2.05) is 42.5 Å². The number of amides is 3. The van der Waals surface area contributed by atoms with Crippen molar-refractivity contribution in [1.82, 2.24) is 10.2 Å². The molecule has 6 nitrogen and oxygen atoms in total. The third-order valence-corrected chi connectivity index (χ3v) is 6.20. The maximum absolute atomic E-state index is 13.2. The molecule has 30 heavy (non-hydrogen) atoms. The SMILES string of the molecule is CC1CC(C)(C)CC2(C1)NC(=O)N(CC(O)COc1cccc3ccccc13)C2=O. The topological polar surface area (TPSA) is 78.9 Å². The highest BCUT2D eigenvalue weighted by Crippen LogP contribution is 2.46. The van der Waals surface area contributed by atoms with Gasteiger partial charge in [0.1, 0.15) is 24.0 Å². The van der Waals surface area contributed by atoms with E-state index in [9.17, 15) is 14.7 Å². The van der Waals surface area contributed by atoms with Crippen molar-refractivity contribution in [1.29, 1.82) is 0 Å². The number of ether oxygens (including phenoxy) is 1. The molecule has 1 aliphatic heterocycles. The number of β-amino-alcohol motifs (C(OH)–C–C–N with tert-alkyl or cyclic N) is 1. The molecule has 0 bridgehead atoms. The van der Waals surface area contributed by atoms with E-state index in [2.05, 4.69) is 26.1 Å². The molecule has 3 atom stereocenters. The fourth-order valence-corrected chi connectivity index (χ4v) is 5.44. The molecule has 2 fully saturated rings. The zero-order valence-electron chi connectivity index (χ0n) is 17.9. The predicted molar refractivity (Wildman–Crippen MR) is 115 cm³/mol. The van der Waals surface area contributed by atoms with E-state index in [0.717, 1.165) is 22.1 Å². The number of aliphatic hydroxyl groups is 1. The van der Waals surface area contributed by atoms with Crippen LogP contribution in [0.2, 0.25) is 0 Å². The van der Waals surface area contributed by atoms with E-state index in [-0.39, 0.29) is 24.5 Å². The molecule has 6 heteroatoms. The van der Waals surface area contributed by atoms with Crippen LogP contribution in [-0.4, -0.2) is 46.7 Å². The summed E-state index contributed by atoms with van der Waals surface area (Å²) in [5, 5.41) is 15.5. The van der Waals surface area contributed by atoms with Gasteiger partial charge in [0.25, 0.3) is 5.91 Å². The third kappa shape index (κ3) is 3.88. The summed E-state index contributed by atoms with van der Waals surface area (Å²) in [6, 6.07) is 13.2. The highest BCUT2D eigenvalue weighted by molar-refractivity contribution is 6.07. The molecular weight excluding hydrogens is 380 g/mol. The number of hydrogen-bond donors (Lipinski definition) is 2. The van der Waals surface area contributed by atoms with Gasteiger partial charge in [-0.25, -0.2) is 4.79 Å². The Hall–Kier alpha value is -2.60. The maximum atomic E-state index is 13.2. The standard InChI is InChI=1S/C24H30N2O4/c1-16-11-23(2,3)15-24(12-16)21(28)26(22(29)25-24)13-18(27)14-30-20-10-6-8-17-7-4-5-9-19(17)20/h4-10,16,18,27H,11-15H2,1-3H3,(H,25,29). The van der Waals surface area contributed by atoms with Gasteiger partial charge in [-0.15, -0.1) is 0 Å². The molecule has 0 aromatic heterocycles. The molecule has 3 amide bonds. The van der Waals surface area contributed by atoms with Crippen molar-refractivity contribution < 1.29 is 19.4 Å². The minimum atomic E-state index is -0.970. The highest BCUT2D eigenvalue weighted by Gasteiger charge is 2.56. The van der Waals surface area contributed by atoms with E-state index in [1.54, 1.807) is 0 Å². The first-order valence-corrected chi connectivity index (χ1v) is 10.6. The lowest BCUT2D eigenvalue weighted by molar-refractivity contribution is -0.135. The van der Waals surface area contributed by atoms with Gasteiger partial charge in [-0.05, 0) is 42.0 Å². The fourth-order valence-electron chi connectivity index (χ4n) is 5.44. The van der Waals surface area contributed by atoms with Crippen molar-refractivity contribution in [2.45, 2.75) is 51.7 Å². The Morgan fingerprint density at radius 3 is 2.67 bits per heavy atom. The average Bonchev–Trinajstić information content (AvgIpc) is 2.88. The first kappa shape index (κ1) is 20.7. The molecule has 4 rings (SSSR count). The molecule has 3 unspecified atom stereocenters. The van der Waals surface area contributed by atoms with Gasteiger partial charge in [0.15, 0.2) is 0 Å². The molecule has 2 aromatic rings. The van der Waals surface area contributed by atoms with Crippen molar-refractivity contribution in [2.75, 3.05) is 13.2 Å². The number of carbonyl (C=O) groups excluding carboxylic acids is 2. The number of aliphatic hydroxyl groups excluding tert-OH is 1. The Bertz CT molecular complexity index is 967. The number of benzene rings is 2. The van der Waals surface area contributed by atoms with Crippen LogP contribution in [0.25, 0.3) is 10.8 Å². The van der Waals surface area contributed by atoms with Gasteiger partial charge < -0.3 is 15.2 Å². The van der Waals surface area contributed by atoms with Gasteiger partial charge in [-0.1, -0.05) is 57.2 Å². The maximum Gasteiger partial charge on any atom is 0.325 e. The summed E-state index contributed by atoms with van der Waals surface area (Å²) in [4.78, 5) is 27.0. The largest absolute Gasteiger partial charge is 0.490 e. The third-order valence-electron chi connectivity index (χ3n) is 6.20. The van der Waals surface area contributed by atoms with Crippen LogP contribution in [0.5, 0.6) is 5.75 Å². The quantitative estimate of drug-likeness (QED) is 0.737. The molecule has 1 spiro atoms. The van der Waals surface area contributed by atoms with Gasteiger partial charge in [0.05, 0.1) is 6.54 Å². The van der Waals surface area contributed by atoms with Gasteiger partial charge in [-0.3, -0.25) is 9.69 Å². The number of urea groups is 1. The Kier molecular flexibility index (Phi) is 5.22. The minimum Gasteiger partial charge on any atom is -0.490 e. The van der Waals surface area contributed by atoms with Crippen LogP contribution in [-0.2, 0) is 4.79 Å². The lowest BCUT2D eigenvalue weighted by Gasteiger charge is -2.43. The second kappa shape index (κ2) is 7.58. The molecule has 1 aliphatic carbocycles. The van der Waals surface area contributed by atoms with Crippen molar-refractivity contribution in [3.63, 3.8) is 0 Å². The Morgan fingerprint density at radius 2 is 1.90 bits per heavy atom. The smallest absolute Gasteiger partial charge is 0.325 e. The second-order valence-corrected chi connectivity index (χ2v) is 9.72. The van der Waals surface area contributed by atoms with Crippen LogP contribution in [0.1, 0.15) is 40.0 Å². The predicted octanol–water partition coefficient (Wildman–Crippen LogP) is 3.72. The zero-order chi connectivity index (χ0) is 21.5. The Labute approximate surface area is 177 Å². The number of hydrogen-bond acceptors (Lipinski definition) is 4. The summed E-state index contributed by atoms with van der Waals surface area (Å²) >= 11 is 0. The van der Waals surface area contributed by atoms with E-state index in [4.69, 9.17) is 4.74 Å². The number of nitrogens with zero attached hydrogens (tertiary/aromatic N) is 1. The van der Waals surface area contributed by atoms with Crippen LogP contribution >= 0.6 is 0 Å². The fraction of sp³-hybridized carbons (Fsp3) is 0.500. The monoisotopic (exact) mass is 410 g/mol. The molecule has 2 aliphatic rings. The van der Waals surface area contributed by atoms with Crippen molar-refractivity contribution in [2.24, 2.45) is 11.3 Å². The number of fused-ring (bicyclic) bond motifs is 1. The van der Waals surface area contributed by atoms with Gasteiger partial charge in [-0.2, -0.15) is 0 Å². The molecule has 1 saturated carbocycles. The van der Waals surface area contributed by atoms with Gasteiger partial charge in [0, 0.05) is 5.39 Å². The molecule has 0 radical (unpaired) electrons. The Morgan fingerprint density at radius 1 is 1.17 bits per heavy atom. The number of rotatable bonds is 5. The van der Waals surface area contributed by atoms with Crippen molar-refractivity contribution in [3.8, 4) is 5.75 Å². The van der Waals surface area contributed by atoms with Gasteiger partial charge in [0.2, 0.25) is 0 Å². The van der Waals surface area contributed by atoms with Crippen molar-refractivity contribution in [3.05, 3.63) is 42.5 Å². The van der Waals surface area contributed by atoms with E-state index < -0.39 is 17.7 Å². The summed E-state index contributed by atoms with van der Waals surface area (Å²) in [5.41, 5.74) is -0.874. The molecular formula is C24H30N2O4. The molecule has 160 valence electrons. The molecule has 2 N–H and O–H groups in total. The zero-order valence-corrected chi connectivity index (χ0v) is 17.9. The van der Waals surface area contributed by atoms with E-state index in [0.29, 0.717) is 24.5 Å². The summed E-state index contributed by atoms with van der Waals surface area (Å²) in [5.74, 6) is 0.789. The number of carbonyl (C=O) groups is 2. The van der Waals surface area contributed by atoms with Crippen molar-refractivity contribution >= 4 is 22.7 Å². The normalized spacial score (nSPS) is 26.8. The molecule has 1 saturated heterocycles. The van der Waals surface area contributed by atoms with Crippen LogP contribution in [0, 0.1) is 11.3 Å². The van der Waals surface area contributed by atoms with Crippen LogP contribution in [0.15, 0.2) is 42.5 Å². The lowest BCUT2D eigenvalue weighted by Crippen LogP contribution is -2.54. The summed E-state index contributed by atoms with van der Waals surface area (Å²) in [7, 11) is 0. The van der Waals surface area contributed by atoms with Crippen LogP contribution < -0.4 is 10.1 Å². The summed E-state index contributed by atoms with van der Waals surface area (Å²) < 4.78 is 5.83. The summed E-state index contributed by atoms with van der Waals surface area (Å²) in [6.45, 7) is 6.32. The second-order valence-electron chi connectivity index (χ2n) is 9.72. The minimum absolute atomic E-state index is 0.0000363. The lowest BCUT2D eigenvalue weighted by atomic mass is 9.64. The Balaban J connectivity index is 1.42. The van der Waals surface area contributed by atoms with Crippen LogP contribution in [0.4, 0.5) is 4.79 Å². The van der Waals surface area contributed by atoms with Crippen LogP contribution in [0.3, 0.4) is 0 Å². The molecule has 1 heterocycles. The molecule has 2 aromatic carbocycles. The van der Waals surface area contributed by atoms with Gasteiger partial charge >= 0.3 is 6.03 Å². The highest BCUT2D eigenvalue weighted by atomic mass is 16.5. The number of nitrogens with one attached hydrogen (secondary N) is 1. The summed E-state index contributed by atoms with van der Waals surface area (Å²) in [6.07, 6.45) is 1.32. The first-order valence-electron chi connectivity index (χ1n) is 10.6. The number of imide groups is 1. The average molecular weight is 411 g/mol. The first-order chi connectivity index (χ1) is 14.2. The van der Waals surface area contributed by atoms with E-state index in [1.165, 1.54) is 0 Å².